The van der Waals surface area contributed by atoms with E-state index in [4.69, 9.17) is 4.74 Å². The van der Waals surface area contributed by atoms with Crippen molar-refractivity contribution in [1.29, 1.82) is 0 Å². The summed E-state index contributed by atoms with van der Waals surface area (Å²) >= 11 is 3.18. The number of likely N-dealkylation sites (tertiary alicyclic amines) is 1. The number of aryl methyl sites for hydroxylation is 1. The number of aromatic nitrogens is 1. The minimum atomic E-state index is -2.97. The summed E-state index contributed by atoms with van der Waals surface area (Å²) in [6.45, 7) is 0.820. The number of alkyl carbamates (subject to hydrolysis) is 1. The van der Waals surface area contributed by atoms with Gasteiger partial charge < -0.3 is 15.0 Å². The van der Waals surface area contributed by atoms with Gasteiger partial charge in [0.05, 0.1) is 12.6 Å². The molecule has 1 N–H and O–H groups in total. The lowest BCUT2D eigenvalue weighted by molar-refractivity contribution is -0.0791. The first-order chi connectivity index (χ1) is 11.2. The summed E-state index contributed by atoms with van der Waals surface area (Å²) in [6, 6.07) is 2.74. The molecule has 0 bridgehead atoms. The molecule has 9 heteroatoms. The third-order valence-corrected chi connectivity index (χ3v) is 4.26. The van der Waals surface area contributed by atoms with Gasteiger partial charge in [-0.15, -0.1) is 0 Å². The average molecular weight is 406 g/mol. The summed E-state index contributed by atoms with van der Waals surface area (Å²) in [6.07, 6.45) is -0.983. The van der Waals surface area contributed by atoms with Gasteiger partial charge >= 0.3 is 6.09 Å². The lowest BCUT2D eigenvalue weighted by Gasteiger charge is -2.39. The molecule has 1 saturated heterocycles. The predicted molar refractivity (Wildman–Crippen MR) is 86.1 cm³/mol. The zero-order chi connectivity index (χ0) is 17.9. The third-order valence-electron chi connectivity index (χ3n) is 3.82. The van der Waals surface area contributed by atoms with E-state index in [1.54, 1.807) is 19.1 Å². The SMILES string of the molecule is CNC(=O)OC[C@H]1CCC(F)(F)CN1C(=O)c1nc(Br)ccc1C. The van der Waals surface area contributed by atoms with Crippen molar-refractivity contribution in [1.82, 2.24) is 15.2 Å². The van der Waals surface area contributed by atoms with Crippen molar-refractivity contribution in [3.05, 3.63) is 28.0 Å². The molecule has 0 unspecified atom stereocenters. The number of ether oxygens (including phenoxy) is 1. The molecule has 2 amide bonds. The molecule has 2 heterocycles. The molecule has 1 aliphatic heterocycles. The van der Waals surface area contributed by atoms with Crippen LogP contribution in [0.15, 0.2) is 16.7 Å². The van der Waals surface area contributed by atoms with E-state index in [1.807, 2.05) is 0 Å². The number of amides is 2. The molecule has 2 rings (SSSR count). The van der Waals surface area contributed by atoms with Crippen molar-refractivity contribution in [2.24, 2.45) is 0 Å². The molecule has 0 spiro atoms. The Morgan fingerprint density at radius 3 is 2.88 bits per heavy atom. The number of pyridine rings is 1. The van der Waals surface area contributed by atoms with Gasteiger partial charge in [-0.25, -0.2) is 18.6 Å². The molecule has 1 atom stereocenters. The normalized spacial score (nSPS) is 19.7. The number of nitrogens with one attached hydrogen (secondary N) is 1. The summed E-state index contributed by atoms with van der Waals surface area (Å²) < 4.78 is 33.0. The van der Waals surface area contributed by atoms with Crippen LogP contribution in [0.5, 0.6) is 0 Å². The highest BCUT2D eigenvalue weighted by molar-refractivity contribution is 9.10. The lowest BCUT2D eigenvalue weighted by Crippen LogP contribution is -2.53. The first-order valence-corrected chi connectivity index (χ1v) is 8.19. The van der Waals surface area contributed by atoms with Gasteiger partial charge in [-0.3, -0.25) is 4.79 Å². The number of hydrogen-bond donors (Lipinski definition) is 1. The molecule has 0 aromatic carbocycles. The Labute approximate surface area is 146 Å². The first kappa shape index (κ1) is 18.6. The van der Waals surface area contributed by atoms with Gasteiger partial charge in [0, 0.05) is 13.5 Å². The molecular formula is C15H18BrF2N3O3. The second-order valence-electron chi connectivity index (χ2n) is 5.63. The monoisotopic (exact) mass is 405 g/mol. The molecule has 132 valence electrons. The van der Waals surface area contributed by atoms with Crippen molar-refractivity contribution >= 4 is 27.9 Å². The van der Waals surface area contributed by atoms with E-state index in [2.05, 4.69) is 26.2 Å². The fourth-order valence-electron chi connectivity index (χ4n) is 2.50. The Kier molecular flexibility index (Phi) is 5.74. The standard InChI is InChI=1S/C15H18BrF2N3O3/c1-9-3-4-11(16)20-12(9)13(22)21-8-15(17,18)6-5-10(21)7-24-14(23)19-2/h3-4,10H,5-8H2,1-2H3,(H,19,23)/t10-/m1/s1. The first-order valence-electron chi connectivity index (χ1n) is 7.40. The fraction of sp³-hybridized carbons (Fsp3) is 0.533. The number of hydrogen-bond acceptors (Lipinski definition) is 4. The Hall–Kier alpha value is -1.77. The van der Waals surface area contributed by atoms with E-state index < -0.39 is 30.5 Å². The van der Waals surface area contributed by atoms with E-state index in [1.165, 1.54) is 7.05 Å². The van der Waals surface area contributed by atoms with Gasteiger partial charge in [0.25, 0.3) is 11.8 Å². The zero-order valence-corrected chi connectivity index (χ0v) is 14.9. The van der Waals surface area contributed by atoms with Crippen molar-refractivity contribution in [3.8, 4) is 0 Å². The molecule has 1 aromatic rings. The summed E-state index contributed by atoms with van der Waals surface area (Å²) in [5, 5.41) is 2.28. The molecular weight excluding hydrogens is 388 g/mol. The maximum absolute atomic E-state index is 13.8. The van der Waals surface area contributed by atoms with Crippen LogP contribution >= 0.6 is 15.9 Å². The molecule has 0 saturated carbocycles. The number of nitrogens with zero attached hydrogens (tertiary/aromatic N) is 2. The summed E-state index contributed by atoms with van der Waals surface area (Å²) in [4.78, 5) is 29.1. The Bertz CT molecular complexity index is 642. The third kappa shape index (κ3) is 4.40. The van der Waals surface area contributed by atoms with Gasteiger partial charge in [0.1, 0.15) is 16.9 Å². The van der Waals surface area contributed by atoms with Crippen molar-refractivity contribution in [3.63, 3.8) is 0 Å². The fourth-order valence-corrected chi connectivity index (χ4v) is 2.81. The lowest BCUT2D eigenvalue weighted by atomic mass is 9.98. The summed E-state index contributed by atoms with van der Waals surface area (Å²) in [5.74, 6) is -3.57. The van der Waals surface area contributed by atoms with Crippen LogP contribution in [-0.2, 0) is 4.74 Å². The number of carbonyl (C=O) groups excluding carboxylic acids is 2. The van der Waals surface area contributed by atoms with Crippen molar-refractivity contribution in [2.75, 3.05) is 20.2 Å². The van der Waals surface area contributed by atoms with Crippen LogP contribution in [0.25, 0.3) is 0 Å². The van der Waals surface area contributed by atoms with E-state index in [-0.39, 0.29) is 25.1 Å². The van der Waals surface area contributed by atoms with Gasteiger partial charge in [-0.1, -0.05) is 6.07 Å². The van der Waals surface area contributed by atoms with E-state index in [9.17, 15) is 18.4 Å². The molecule has 1 aromatic heterocycles. The Morgan fingerprint density at radius 1 is 1.50 bits per heavy atom. The molecule has 0 radical (unpaired) electrons. The van der Waals surface area contributed by atoms with Crippen molar-refractivity contribution in [2.45, 2.75) is 31.7 Å². The average Bonchev–Trinajstić information content (AvgIpc) is 2.54. The maximum atomic E-state index is 13.8. The smallest absolute Gasteiger partial charge is 0.406 e. The second-order valence-corrected chi connectivity index (χ2v) is 6.44. The minimum Gasteiger partial charge on any atom is -0.447 e. The maximum Gasteiger partial charge on any atom is 0.406 e. The van der Waals surface area contributed by atoms with Gasteiger partial charge in [0.2, 0.25) is 0 Å². The van der Waals surface area contributed by atoms with Crippen LogP contribution in [0.3, 0.4) is 0 Å². The number of carbonyl (C=O) groups is 2. The molecule has 1 aliphatic rings. The van der Waals surface area contributed by atoms with Gasteiger partial charge in [-0.2, -0.15) is 0 Å². The van der Waals surface area contributed by atoms with Gasteiger partial charge in [0.15, 0.2) is 0 Å². The van der Waals surface area contributed by atoms with E-state index in [0.29, 0.717) is 10.2 Å². The Morgan fingerprint density at radius 2 is 2.21 bits per heavy atom. The topological polar surface area (TPSA) is 71.5 Å². The highest BCUT2D eigenvalue weighted by Gasteiger charge is 2.43. The predicted octanol–water partition coefficient (Wildman–Crippen LogP) is 2.75. The van der Waals surface area contributed by atoms with Crippen LogP contribution in [0.2, 0.25) is 0 Å². The Balaban J connectivity index is 2.24. The highest BCUT2D eigenvalue weighted by Crippen LogP contribution is 2.31. The van der Waals surface area contributed by atoms with Crippen molar-refractivity contribution < 1.29 is 23.1 Å². The quantitative estimate of drug-likeness (QED) is 0.784. The summed E-state index contributed by atoms with van der Waals surface area (Å²) in [7, 11) is 1.40. The molecule has 24 heavy (non-hydrogen) atoms. The van der Waals surface area contributed by atoms with Crippen LogP contribution in [0.4, 0.5) is 13.6 Å². The van der Waals surface area contributed by atoms with E-state index in [0.717, 1.165) is 4.90 Å². The number of piperidine rings is 1. The molecule has 6 nitrogen and oxygen atoms in total. The van der Waals surface area contributed by atoms with E-state index >= 15 is 0 Å². The zero-order valence-electron chi connectivity index (χ0n) is 13.3. The van der Waals surface area contributed by atoms with Crippen LogP contribution < -0.4 is 5.32 Å². The second kappa shape index (κ2) is 7.42. The van der Waals surface area contributed by atoms with Crippen LogP contribution in [0.1, 0.15) is 28.9 Å². The molecule has 0 aliphatic carbocycles. The molecule has 1 fully saturated rings. The van der Waals surface area contributed by atoms with Gasteiger partial charge in [-0.05, 0) is 40.9 Å². The number of alkyl halides is 2. The highest BCUT2D eigenvalue weighted by atomic mass is 79.9. The van der Waals surface area contributed by atoms with Crippen LogP contribution in [-0.4, -0.2) is 54.0 Å². The summed E-state index contributed by atoms with van der Waals surface area (Å²) in [5.41, 5.74) is 0.690. The van der Waals surface area contributed by atoms with Crippen LogP contribution in [0, 0.1) is 6.92 Å². The number of rotatable bonds is 3. The largest absolute Gasteiger partial charge is 0.447 e. The minimum absolute atomic E-state index is 0.0444. The number of halogens is 3.